The van der Waals surface area contributed by atoms with Gasteiger partial charge in [-0.15, -0.1) is 5.10 Å². The Labute approximate surface area is 193 Å². The largest absolute Gasteiger partial charge is 0.321 e. The van der Waals surface area contributed by atoms with Gasteiger partial charge in [-0.05, 0) is 78.9 Å². The van der Waals surface area contributed by atoms with Crippen molar-refractivity contribution in [3.05, 3.63) is 87.0 Å². The lowest BCUT2D eigenvalue weighted by molar-refractivity contribution is 0.220. The van der Waals surface area contributed by atoms with Gasteiger partial charge in [0.25, 0.3) is 5.56 Å². The van der Waals surface area contributed by atoms with E-state index in [-0.39, 0.29) is 11.6 Å². The van der Waals surface area contributed by atoms with Crippen LogP contribution < -0.4 is 5.56 Å². The van der Waals surface area contributed by atoms with Gasteiger partial charge in [0.2, 0.25) is 0 Å². The van der Waals surface area contributed by atoms with Crippen molar-refractivity contribution in [3.63, 3.8) is 0 Å². The van der Waals surface area contributed by atoms with Gasteiger partial charge in [0.15, 0.2) is 5.82 Å². The molecule has 2 aromatic heterocycles. The second-order valence-corrected chi connectivity index (χ2v) is 9.13. The predicted molar refractivity (Wildman–Crippen MR) is 129 cm³/mol. The third-order valence-corrected chi connectivity index (χ3v) is 6.60. The summed E-state index contributed by atoms with van der Waals surface area (Å²) in [5.74, 6) is 0.718. The lowest BCUT2D eigenvalue weighted by atomic mass is 10.0. The number of rotatable bonds is 5. The molecule has 0 saturated carbocycles. The van der Waals surface area contributed by atoms with Crippen LogP contribution in [0.25, 0.3) is 10.9 Å². The van der Waals surface area contributed by atoms with Gasteiger partial charge >= 0.3 is 0 Å². The molecule has 0 aliphatic carbocycles. The van der Waals surface area contributed by atoms with E-state index in [1.807, 2.05) is 35.9 Å². The molecule has 0 bridgehead atoms. The minimum Gasteiger partial charge on any atom is -0.321 e. The number of fused-ring (bicyclic) bond motifs is 1. The zero-order valence-electron chi connectivity index (χ0n) is 19.3. The van der Waals surface area contributed by atoms with Gasteiger partial charge in [0.05, 0.1) is 12.1 Å². The Kier molecular flexibility index (Phi) is 6.05. The first-order valence-corrected chi connectivity index (χ1v) is 11.8. The number of likely N-dealkylation sites (tertiary alicyclic amines) is 1. The van der Waals surface area contributed by atoms with Gasteiger partial charge < -0.3 is 4.98 Å². The lowest BCUT2D eigenvalue weighted by Crippen LogP contribution is -2.36. The third-order valence-electron chi connectivity index (χ3n) is 6.60. The van der Waals surface area contributed by atoms with Crippen molar-refractivity contribution in [3.8, 4) is 0 Å². The fraction of sp³-hybridized carbons (Fsp3) is 0.385. The van der Waals surface area contributed by atoms with Crippen molar-refractivity contribution in [2.45, 2.75) is 52.1 Å². The van der Waals surface area contributed by atoms with E-state index in [4.69, 9.17) is 0 Å². The van der Waals surface area contributed by atoms with Crippen molar-refractivity contribution < 1.29 is 0 Å². The SMILES string of the molecule is Cc1cc(C)c2[nH]c(=O)c([C@@H](c3nnnn3Cc3ccccc3)N3CCCCCC3)cc2c1. The minimum absolute atomic E-state index is 0.0713. The average Bonchev–Trinajstić information content (AvgIpc) is 3.07. The molecule has 7 heteroatoms. The summed E-state index contributed by atoms with van der Waals surface area (Å²) in [6.45, 7) is 6.54. The van der Waals surface area contributed by atoms with E-state index in [2.05, 4.69) is 56.6 Å². The molecule has 0 spiro atoms. The Bertz CT molecular complexity index is 1300. The van der Waals surface area contributed by atoms with Crippen molar-refractivity contribution >= 4 is 10.9 Å². The van der Waals surface area contributed by atoms with E-state index in [0.29, 0.717) is 12.1 Å². The Hall–Kier alpha value is -3.32. The Balaban J connectivity index is 1.65. The standard InChI is InChI=1S/C26H30N6O/c1-18-14-19(2)23-21(15-18)16-22(26(33)27-23)24(31-12-8-3-4-9-13-31)25-28-29-30-32(25)17-20-10-6-5-7-11-20/h5-7,10-11,14-16,24H,3-4,8-9,12-13,17H2,1-2H3,(H,27,33)/t24-/m0/s1. The summed E-state index contributed by atoms with van der Waals surface area (Å²) < 4.78 is 1.84. The molecule has 5 rings (SSSR count). The first-order valence-electron chi connectivity index (χ1n) is 11.8. The quantitative estimate of drug-likeness (QED) is 0.502. The summed E-state index contributed by atoms with van der Waals surface area (Å²) in [6.07, 6.45) is 4.65. The molecule has 1 fully saturated rings. The summed E-state index contributed by atoms with van der Waals surface area (Å²) in [5, 5.41) is 13.8. The van der Waals surface area contributed by atoms with Crippen LogP contribution in [0.3, 0.4) is 0 Å². The smallest absolute Gasteiger partial charge is 0.253 e. The zero-order chi connectivity index (χ0) is 22.8. The maximum Gasteiger partial charge on any atom is 0.253 e. The fourth-order valence-electron chi connectivity index (χ4n) is 5.04. The van der Waals surface area contributed by atoms with Crippen LogP contribution in [0.2, 0.25) is 0 Å². The summed E-state index contributed by atoms with van der Waals surface area (Å²) in [5.41, 5.74) is 4.91. The van der Waals surface area contributed by atoms with Crippen LogP contribution in [0.15, 0.2) is 53.3 Å². The molecular formula is C26H30N6O. The van der Waals surface area contributed by atoms with Gasteiger partial charge in [0, 0.05) is 5.56 Å². The number of hydrogen-bond acceptors (Lipinski definition) is 5. The summed E-state index contributed by atoms with van der Waals surface area (Å²) >= 11 is 0. The van der Waals surface area contributed by atoms with Gasteiger partial charge in [-0.1, -0.05) is 54.8 Å². The molecule has 0 unspecified atom stereocenters. The molecule has 0 amide bonds. The van der Waals surface area contributed by atoms with Crippen LogP contribution in [0, 0.1) is 13.8 Å². The molecule has 4 aromatic rings. The zero-order valence-corrected chi connectivity index (χ0v) is 19.3. The predicted octanol–water partition coefficient (Wildman–Crippen LogP) is 4.15. The second kappa shape index (κ2) is 9.27. The number of nitrogens with zero attached hydrogens (tertiary/aromatic N) is 5. The van der Waals surface area contributed by atoms with E-state index in [1.54, 1.807) is 0 Å². The topological polar surface area (TPSA) is 79.7 Å². The second-order valence-electron chi connectivity index (χ2n) is 9.13. The van der Waals surface area contributed by atoms with Crippen LogP contribution in [-0.2, 0) is 6.54 Å². The van der Waals surface area contributed by atoms with Crippen LogP contribution >= 0.6 is 0 Å². The molecule has 2 aromatic carbocycles. The highest BCUT2D eigenvalue weighted by Crippen LogP contribution is 2.30. The van der Waals surface area contributed by atoms with Crippen molar-refractivity contribution in [2.75, 3.05) is 13.1 Å². The van der Waals surface area contributed by atoms with E-state index in [1.165, 1.54) is 18.4 Å². The molecular weight excluding hydrogens is 412 g/mol. The van der Waals surface area contributed by atoms with Crippen molar-refractivity contribution in [1.82, 2.24) is 30.1 Å². The van der Waals surface area contributed by atoms with Crippen LogP contribution in [-0.4, -0.2) is 43.2 Å². The number of pyridine rings is 1. The lowest BCUT2D eigenvalue weighted by Gasteiger charge is -2.29. The minimum atomic E-state index is -0.296. The highest BCUT2D eigenvalue weighted by molar-refractivity contribution is 5.83. The van der Waals surface area contributed by atoms with E-state index in [9.17, 15) is 4.79 Å². The Morgan fingerprint density at radius 3 is 2.52 bits per heavy atom. The molecule has 1 atom stereocenters. The fourth-order valence-corrected chi connectivity index (χ4v) is 5.04. The van der Waals surface area contributed by atoms with E-state index < -0.39 is 0 Å². The van der Waals surface area contributed by atoms with Crippen LogP contribution in [0.4, 0.5) is 0 Å². The van der Waals surface area contributed by atoms with Gasteiger partial charge in [-0.3, -0.25) is 9.69 Å². The Morgan fingerprint density at radius 1 is 1.00 bits per heavy atom. The first-order chi connectivity index (χ1) is 16.1. The van der Waals surface area contributed by atoms with Crippen molar-refractivity contribution in [2.24, 2.45) is 0 Å². The number of benzene rings is 2. The van der Waals surface area contributed by atoms with Gasteiger partial charge in [-0.2, -0.15) is 0 Å². The monoisotopic (exact) mass is 442 g/mol. The molecule has 1 aliphatic heterocycles. The molecule has 170 valence electrons. The van der Waals surface area contributed by atoms with Crippen molar-refractivity contribution in [1.29, 1.82) is 0 Å². The molecule has 1 N–H and O–H groups in total. The highest BCUT2D eigenvalue weighted by Gasteiger charge is 2.31. The number of aromatic nitrogens is 5. The number of aromatic amines is 1. The number of nitrogens with one attached hydrogen (secondary N) is 1. The molecule has 1 aliphatic rings. The van der Waals surface area contributed by atoms with Crippen LogP contribution in [0.5, 0.6) is 0 Å². The maximum absolute atomic E-state index is 13.4. The number of tetrazole rings is 1. The van der Waals surface area contributed by atoms with E-state index >= 15 is 0 Å². The normalized spacial score (nSPS) is 16.1. The molecule has 0 radical (unpaired) electrons. The van der Waals surface area contributed by atoms with Gasteiger partial charge in [-0.25, -0.2) is 4.68 Å². The highest BCUT2D eigenvalue weighted by atomic mass is 16.1. The Morgan fingerprint density at radius 2 is 1.76 bits per heavy atom. The van der Waals surface area contributed by atoms with Crippen LogP contribution in [0.1, 0.15) is 59.8 Å². The maximum atomic E-state index is 13.4. The number of hydrogen-bond donors (Lipinski definition) is 1. The summed E-state index contributed by atoms with van der Waals surface area (Å²) in [7, 11) is 0. The van der Waals surface area contributed by atoms with Gasteiger partial charge in [0.1, 0.15) is 6.04 Å². The first kappa shape index (κ1) is 21.5. The molecule has 1 saturated heterocycles. The molecule has 7 nitrogen and oxygen atoms in total. The molecule has 33 heavy (non-hydrogen) atoms. The average molecular weight is 443 g/mol. The number of aryl methyl sites for hydroxylation is 2. The molecule has 3 heterocycles. The van der Waals surface area contributed by atoms with E-state index in [0.717, 1.165) is 53.8 Å². The summed E-state index contributed by atoms with van der Waals surface area (Å²) in [6, 6.07) is 16.2. The third kappa shape index (κ3) is 4.46. The summed E-state index contributed by atoms with van der Waals surface area (Å²) in [4.78, 5) is 19.0. The number of H-pyrrole nitrogens is 1.